The summed E-state index contributed by atoms with van der Waals surface area (Å²) in [7, 11) is 0. The van der Waals surface area contributed by atoms with Gasteiger partial charge < -0.3 is 5.11 Å². The van der Waals surface area contributed by atoms with E-state index in [4.69, 9.17) is 11.6 Å². The number of fused-ring (bicyclic) bond motifs is 1. The molecule has 0 bridgehead atoms. The molecule has 20 heavy (non-hydrogen) atoms. The lowest BCUT2D eigenvalue weighted by Crippen LogP contribution is -2.00. The van der Waals surface area contributed by atoms with Crippen LogP contribution in [-0.2, 0) is 0 Å². The van der Waals surface area contributed by atoms with Gasteiger partial charge in [-0.05, 0) is 23.1 Å². The Morgan fingerprint density at radius 1 is 0.850 bits per heavy atom. The Bertz CT molecular complexity index is 795. The molecule has 0 amide bonds. The number of benzene rings is 3. The van der Waals surface area contributed by atoms with E-state index >= 15 is 0 Å². The lowest BCUT2D eigenvalue weighted by Gasteiger charge is -2.11. The SMILES string of the molecule is O=C(O)c1ccc2c(Cl)cccc2c1-c1ccccc1. The molecule has 0 spiro atoms. The van der Waals surface area contributed by atoms with Gasteiger partial charge in [0.1, 0.15) is 0 Å². The third kappa shape index (κ3) is 2.04. The highest BCUT2D eigenvalue weighted by molar-refractivity contribution is 6.36. The molecule has 3 aromatic rings. The van der Waals surface area contributed by atoms with Gasteiger partial charge in [0.2, 0.25) is 0 Å². The summed E-state index contributed by atoms with van der Waals surface area (Å²) in [4.78, 5) is 11.5. The van der Waals surface area contributed by atoms with Crippen LogP contribution in [0.25, 0.3) is 21.9 Å². The van der Waals surface area contributed by atoms with Gasteiger partial charge in [-0.15, -0.1) is 0 Å². The summed E-state index contributed by atoms with van der Waals surface area (Å²) in [6, 6.07) is 18.4. The number of carbonyl (C=O) groups is 1. The molecular formula is C17H11ClO2. The number of carboxylic acids is 1. The van der Waals surface area contributed by atoms with E-state index in [9.17, 15) is 9.90 Å². The summed E-state index contributed by atoms with van der Waals surface area (Å²) in [6.45, 7) is 0. The lowest BCUT2D eigenvalue weighted by molar-refractivity contribution is 0.0698. The fourth-order valence-corrected chi connectivity index (χ4v) is 2.65. The normalized spacial score (nSPS) is 10.7. The Morgan fingerprint density at radius 2 is 1.60 bits per heavy atom. The van der Waals surface area contributed by atoms with Crippen LogP contribution < -0.4 is 0 Å². The molecular weight excluding hydrogens is 272 g/mol. The van der Waals surface area contributed by atoms with Gasteiger partial charge in [0.15, 0.2) is 0 Å². The fraction of sp³-hybridized carbons (Fsp3) is 0. The molecule has 0 radical (unpaired) electrons. The molecule has 3 rings (SSSR count). The highest BCUT2D eigenvalue weighted by Crippen LogP contribution is 2.35. The van der Waals surface area contributed by atoms with Gasteiger partial charge in [-0.3, -0.25) is 0 Å². The van der Waals surface area contributed by atoms with E-state index in [2.05, 4.69) is 0 Å². The first kappa shape index (κ1) is 12.7. The molecule has 3 heteroatoms. The van der Waals surface area contributed by atoms with Crippen LogP contribution in [0.4, 0.5) is 0 Å². The first-order valence-electron chi connectivity index (χ1n) is 6.18. The van der Waals surface area contributed by atoms with Crippen LogP contribution in [0.1, 0.15) is 10.4 Å². The predicted molar refractivity (Wildman–Crippen MR) is 81.4 cm³/mol. The fourth-order valence-electron chi connectivity index (χ4n) is 2.41. The van der Waals surface area contributed by atoms with Crippen LogP contribution in [0.15, 0.2) is 60.7 Å². The number of carboxylic acid groups (broad SMARTS) is 1. The van der Waals surface area contributed by atoms with Crippen molar-refractivity contribution in [1.82, 2.24) is 0 Å². The molecule has 0 fully saturated rings. The van der Waals surface area contributed by atoms with Crippen molar-refractivity contribution in [2.24, 2.45) is 0 Å². The van der Waals surface area contributed by atoms with E-state index in [1.54, 1.807) is 18.2 Å². The van der Waals surface area contributed by atoms with E-state index in [0.29, 0.717) is 10.6 Å². The van der Waals surface area contributed by atoms with Gasteiger partial charge >= 0.3 is 5.97 Å². The zero-order valence-corrected chi connectivity index (χ0v) is 11.3. The van der Waals surface area contributed by atoms with Crippen LogP contribution in [-0.4, -0.2) is 11.1 Å². The molecule has 0 aromatic heterocycles. The molecule has 0 aliphatic rings. The third-order valence-corrected chi connectivity index (χ3v) is 3.63. The smallest absolute Gasteiger partial charge is 0.336 e. The maximum atomic E-state index is 11.5. The van der Waals surface area contributed by atoms with Gasteiger partial charge in [-0.1, -0.05) is 60.1 Å². The van der Waals surface area contributed by atoms with Crippen molar-refractivity contribution in [3.63, 3.8) is 0 Å². The molecule has 0 saturated heterocycles. The van der Waals surface area contributed by atoms with E-state index < -0.39 is 5.97 Å². The van der Waals surface area contributed by atoms with Gasteiger partial charge in [-0.25, -0.2) is 4.79 Å². The quantitative estimate of drug-likeness (QED) is 0.729. The monoisotopic (exact) mass is 282 g/mol. The minimum Gasteiger partial charge on any atom is -0.478 e. The first-order chi connectivity index (χ1) is 9.68. The largest absolute Gasteiger partial charge is 0.478 e. The second-order valence-electron chi connectivity index (χ2n) is 4.49. The Kier molecular flexibility index (Phi) is 3.17. The summed E-state index contributed by atoms with van der Waals surface area (Å²) in [5.74, 6) is -0.939. The highest BCUT2D eigenvalue weighted by atomic mass is 35.5. The van der Waals surface area contributed by atoms with Crippen molar-refractivity contribution in [3.05, 3.63) is 71.2 Å². The maximum Gasteiger partial charge on any atom is 0.336 e. The Labute approximate surface area is 121 Å². The molecule has 0 unspecified atom stereocenters. The molecule has 1 N–H and O–H groups in total. The summed E-state index contributed by atoms with van der Waals surface area (Å²) < 4.78 is 0. The summed E-state index contributed by atoms with van der Waals surface area (Å²) in [6.07, 6.45) is 0. The second-order valence-corrected chi connectivity index (χ2v) is 4.90. The van der Waals surface area contributed by atoms with Gasteiger partial charge in [-0.2, -0.15) is 0 Å². The topological polar surface area (TPSA) is 37.3 Å². The molecule has 3 aromatic carbocycles. The average molecular weight is 283 g/mol. The average Bonchev–Trinajstić information content (AvgIpc) is 2.47. The van der Waals surface area contributed by atoms with Gasteiger partial charge in [0, 0.05) is 16.0 Å². The van der Waals surface area contributed by atoms with E-state index in [1.807, 2.05) is 42.5 Å². The number of hydrogen-bond donors (Lipinski definition) is 1. The van der Waals surface area contributed by atoms with Crippen LogP contribution in [0.3, 0.4) is 0 Å². The van der Waals surface area contributed by atoms with Crippen molar-refractivity contribution < 1.29 is 9.90 Å². The number of aromatic carboxylic acids is 1. The third-order valence-electron chi connectivity index (χ3n) is 3.30. The summed E-state index contributed by atoms with van der Waals surface area (Å²) in [5.41, 5.74) is 1.86. The molecule has 2 nitrogen and oxygen atoms in total. The van der Waals surface area contributed by atoms with Gasteiger partial charge in [0.05, 0.1) is 5.56 Å². The number of hydrogen-bond acceptors (Lipinski definition) is 1. The molecule has 0 atom stereocenters. The van der Waals surface area contributed by atoms with Crippen LogP contribution in [0.2, 0.25) is 5.02 Å². The zero-order valence-electron chi connectivity index (χ0n) is 10.5. The summed E-state index contributed by atoms with van der Waals surface area (Å²) >= 11 is 6.20. The lowest BCUT2D eigenvalue weighted by atomic mass is 9.93. The van der Waals surface area contributed by atoms with Crippen LogP contribution >= 0.6 is 11.6 Å². The molecule has 98 valence electrons. The van der Waals surface area contributed by atoms with E-state index in [1.165, 1.54) is 0 Å². The Hall–Kier alpha value is -2.32. The minimum atomic E-state index is -0.939. The van der Waals surface area contributed by atoms with Crippen molar-refractivity contribution in [2.45, 2.75) is 0 Å². The highest BCUT2D eigenvalue weighted by Gasteiger charge is 2.15. The number of halogens is 1. The van der Waals surface area contributed by atoms with Crippen molar-refractivity contribution in [1.29, 1.82) is 0 Å². The van der Waals surface area contributed by atoms with E-state index in [-0.39, 0.29) is 5.56 Å². The number of rotatable bonds is 2. The zero-order chi connectivity index (χ0) is 14.1. The summed E-state index contributed by atoms with van der Waals surface area (Å²) in [5, 5.41) is 11.8. The van der Waals surface area contributed by atoms with Crippen molar-refractivity contribution >= 4 is 28.3 Å². The minimum absolute atomic E-state index is 0.283. The standard InChI is InChI=1S/C17H11ClO2/c18-15-8-4-7-13-12(15)9-10-14(17(19)20)16(13)11-5-2-1-3-6-11/h1-10H,(H,19,20). The molecule has 0 heterocycles. The maximum absolute atomic E-state index is 11.5. The Morgan fingerprint density at radius 3 is 2.30 bits per heavy atom. The van der Waals surface area contributed by atoms with Crippen LogP contribution in [0.5, 0.6) is 0 Å². The van der Waals surface area contributed by atoms with Crippen molar-refractivity contribution in [3.8, 4) is 11.1 Å². The second kappa shape index (κ2) is 4.99. The molecule has 0 aliphatic heterocycles. The van der Waals surface area contributed by atoms with E-state index in [0.717, 1.165) is 16.3 Å². The van der Waals surface area contributed by atoms with Crippen LogP contribution in [0, 0.1) is 0 Å². The molecule has 0 saturated carbocycles. The molecule has 0 aliphatic carbocycles. The first-order valence-corrected chi connectivity index (χ1v) is 6.56. The van der Waals surface area contributed by atoms with Gasteiger partial charge in [0.25, 0.3) is 0 Å². The van der Waals surface area contributed by atoms with Crippen molar-refractivity contribution in [2.75, 3.05) is 0 Å². The Balaban J connectivity index is 2.45. The predicted octanol–water partition coefficient (Wildman–Crippen LogP) is 4.86.